The minimum absolute atomic E-state index is 0.196. The molecule has 154 valence electrons. The number of carbonyl (C=O) groups is 1. The number of nitrogens with two attached hydrogens (primary N) is 1. The minimum atomic E-state index is -0.196. The molecule has 0 radical (unpaired) electrons. The van der Waals surface area contributed by atoms with E-state index in [2.05, 4.69) is 25.5 Å². The summed E-state index contributed by atoms with van der Waals surface area (Å²) in [5.41, 5.74) is 8.67. The van der Waals surface area contributed by atoms with Gasteiger partial charge in [-0.2, -0.15) is 5.10 Å². The van der Waals surface area contributed by atoms with Crippen LogP contribution >= 0.6 is 0 Å². The second-order valence-electron chi connectivity index (χ2n) is 6.94. The molecule has 8 nitrogen and oxygen atoms in total. The predicted octanol–water partition coefficient (Wildman–Crippen LogP) is 2.56. The van der Waals surface area contributed by atoms with Gasteiger partial charge in [-0.05, 0) is 42.0 Å². The van der Waals surface area contributed by atoms with Gasteiger partial charge in [0, 0.05) is 24.8 Å². The fraction of sp³-hybridized carbons (Fsp3) is 0.227. The first kappa shape index (κ1) is 19.8. The Bertz CT molecular complexity index is 974. The molecule has 1 fully saturated rings. The Morgan fingerprint density at radius 2 is 1.83 bits per heavy atom. The number of carbonyl (C=O) groups excluding carboxylic acids is 1. The minimum Gasteiger partial charge on any atom is -0.397 e. The number of para-hydroxylation sites is 2. The van der Waals surface area contributed by atoms with Crippen LogP contribution in [0.15, 0.2) is 66.9 Å². The number of nitrogens with zero attached hydrogens (tertiary/aromatic N) is 4. The summed E-state index contributed by atoms with van der Waals surface area (Å²) in [6.45, 7) is 3.55. The Labute approximate surface area is 175 Å². The lowest BCUT2D eigenvalue weighted by atomic mass is 10.1. The number of rotatable bonds is 6. The Morgan fingerprint density at radius 3 is 2.53 bits per heavy atom. The molecule has 2 heterocycles. The SMILES string of the molecule is Nc1ccccc1NC(=O)c1ccc(CN(c2cccnn2)N2CCOCC2)cc1. The van der Waals surface area contributed by atoms with Crippen LogP contribution in [0.1, 0.15) is 15.9 Å². The lowest BCUT2D eigenvalue weighted by Gasteiger charge is -2.37. The van der Waals surface area contributed by atoms with Gasteiger partial charge in [-0.15, -0.1) is 5.10 Å². The number of aromatic nitrogens is 2. The average Bonchev–Trinajstić information content (AvgIpc) is 2.80. The second kappa shape index (κ2) is 9.34. The molecule has 1 aliphatic heterocycles. The standard InChI is InChI=1S/C22H24N6O2/c23-19-4-1-2-5-20(19)25-22(29)18-9-7-17(8-10-18)16-28(21-6-3-11-24-26-21)27-12-14-30-15-13-27/h1-11H,12-16,23H2,(H,25,29). The predicted molar refractivity (Wildman–Crippen MR) is 116 cm³/mol. The highest BCUT2D eigenvalue weighted by atomic mass is 16.5. The Kier molecular flexibility index (Phi) is 6.17. The number of hydrogen-bond donors (Lipinski definition) is 2. The van der Waals surface area contributed by atoms with Crippen LogP contribution in [0.4, 0.5) is 17.2 Å². The van der Waals surface area contributed by atoms with Gasteiger partial charge in [0.2, 0.25) is 0 Å². The summed E-state index contributed by atoms with van der Waals surface area (Å²) in [4.78, 5) is 12.6. The van der Waals surface area contributed by atoms with Crippen molar-refractivity contribution in [3.63, 3.8) is 0 Å². The summed E-state index contributed by atoms with van der Waals surface area (Å²) < 4.78 is 5.48. The highest BCUT2D eigenvalue weighted by Crippen LogP contribution is 2.20. The third-order valence-corrected chi connectivity index (χ3v) is 4.91. The quantitative estimate of drug-likeness (QED) is 0.610. The summed E-state index contributed by atoms with van der Waals surface area (Å²) in [5, 5.41) is 15.5. The van der Waals surface area contributed by atoms with E-state index >= 15 is 0 Å². The van der Waals surface area contributed by atoms with Gasteiger partial charge in [-0.3, -0.25) is 9.80 Å². The molecule has 30 heavy (non-hydrogen) atoms. The first-order valence-corrected chi connectivity index (χ1v) is 9.83. The van der Waals surface area contributed by atoms with Gasteiger partial charge in [0.05, 0.1) is 31.1 Å². The van der Waals surface area contributed by atoms with Crippen molar-refractivity contribution in [1.82, 2.24) is 15.2 Å². The Hall–Kier alpha value is -3.49. The summed E-state index contributed by atoms with van der Waals surface area (Å²) in [5.74, 6) is 0.583. The van der Waals surface area contributed by atoms with Gasteiger partial charge in [0.15, 0.2) is 5.82 Å². The van der Waals surface area contributed by atoms with Crippen LogP contribution in [-0.2, 0) is 11.3 Å². The number of morpholine rings is 1. The molecule has 0 spiro atoms. The lowest BCUT2D eigenvalue weighted by molar-refractivity contribution is 0.0302. The van der Waals surface area contributed by atoms with Gasteiger partial charge in [-0.1, -0.05) is 24.3 Å². The summed E-state index contributed by atoms with van der Waals surface area (Å²) in [6, 6.07) is 18.6. The maximum absolute atomic E-state index is 12.6. The van der Waals surface area contributed by atoms with Gasteiger partial charge < -0.3 is 15.8 Å². The molecule has 0 saturated carbocycles. The van der Waals surface area contributed by atoms with Crippen LogP contribution < -0.4 is 16.1 Å². The van der Waals surface area contributed by atoms with Crippen molar-refractivity contribution in [2.45, 2.75) is 6.54 Å². The molecule has 1 amide bonds. The van der Waals surface area contributed by atoms with E-state index in [1.54, 1.807) is 18.3 Å². The van der Waals surface area contributed by atoms with E-state index in [0.29, 0.717) is 36.7 Å². The Morgan fingerprint density at radius 1 is 1.07 bits per heavy atom. The number of hydrazine groups is 1. The van der Waals surface area contributed by atoms with Gasteiger partial charge >= 0.3 is 0 Å². The first-order chi connectivity index (χ1) is 14.7. The van der Waals surface area contributed by atoms with Crippen molar-refractivity contribution in [1.29, 1.82) is 0 Å². The fourth-order valence-corrected chi connectivity index (χ4v) is 3.29. The van der Waals surface area contributed by atoms with Crippen molar-refractivity contribution in [2.75, 3.05) is 42.4 Å². The van der Waals surface area contributed by atoms with Crippen molar-refractivity contribution in [2.24, 2.45) is 0 Å². The van der Waals surface area contributed by atoms with E-state index in [4.69, 9.17) is 10.5 Å². The average molecular weight is 404 g/mol. The van der Waals surface area contributed by atoms with Crippen LogP contribution in [0.2, 0.25) is 0 Å². The number of hydrogen-bond acceptors (Lipinski definition) is 7. The molecule has 3 aromatic rings. The highest BCUT2D eigenvalue weighted by molar-refractivity contribution is 6.05. The van der Waals surface area contributed by atoms with E-state index in [9.17, 15) is 4.79 Å². The molecule has 0 atom stereocenters. The molecule has 4 rings (SSSR count). The normalized spacial score (nSPS) is 14.3. The maximum Gasteiger partial charge on any atom is 0.255 e. The molecule has 0 unspecified atom stereocenters. The third kappa shape index (κ3) is 4.73. The van der Waals surface area contributed by atoms with Gasteiger partial charge in [0.1, 0.15) is 0 Å². The molecule has 0 bridgehead atoms. The molecule has 8 heteroatoms. The topological polar surface area (TPSA) is 96.6 Å². The highest BCUT2D eigenvalue weighted by Gasteiger charge is 2.21. The Balaban J connectivity index is 1.48. The van der Waals surface area contributed by atoms with Crippen LogP contribution in [0.5, 0.6) is 0 Å². The van der Waals surface area contributed by atoms with Crippen LogP contribution in [0.3, 0.4) is 0 Å². The number of ether oxygens (including phenoxy) is 1. The molecule has 1 aliphatic rings. The third-order valence-electron chi connectivity index (χ3n) is 4.91. The number of benzene rings is 2. The monoisotopic (exact) mass is 404 g/mol. The van der Waals surface area contributed by atoms with Crippen LogP contribution in [0, 0.1) is 0 Å². The number of anilines is 3. The van der Waals surface area contributed by atoms with Crippen molar-refractivity contribution in [3.8, 4) is 0 Å². The van der Waals surface area contributed by atoms with Crippen LogP contribution in [-0.4, -0.2) is 47.4 Å². The fourth-order valence-electron chi connectivity index (χ4n) is 3.29. The zero-order valence-corrected chi connectivity index (χ0v) is 16.6. The van der Waals surface area contributed by atoms with Crippen molar-refractivity contribution in [3.05, 3.63) is 78.0 Å². The van der Waals surface area contributed by atoms with E-state index in [1.807, 2.05) is 48.5 Å². The van der Waals surface area contributed by atoms with Crippen molar-refractivity contribution >= 4 is 23.1 Å². The van der Waals surface area contributed by atoms with E-state index in [1.165, 1.54) is 0 Å². The molecule has 1 saturated heterocycles. The lowest BCUT2D eigenvalue weighted by Crippen LogP contribution is -2.49. The van der Waals surface area contributed by atoms with E-state index in [0.717, 1.165) is 24.5 Å². The molecule has 0 aliphatic carbocycles. The summed E-state index contributed by atoms with van der Waals surface area (Å²) in [7, 11) is 0. The molecule has 1 aromatic heterocycles. The van der Waals surface area contributed by atoms with Crippen molar-refractivity contribution < 1.29 is 9.53 Å². The first-order valence-electron chi connectivity index (χ1n) is 9.83. The largest absolute Gasteiger partial charge is 0.397 e. The zero-order valence-electron chi connectivity index (χ0n) is 16.6. The number of nitrogens with one attached hydrogen (secondary N) is 1. The second-order valence-corrected chi connectivity index (χ2v) is 6.94. The summed E-state index contributed by atoms with van der Waals surface area (Å²) >= 11 is 0. The number of nitrogen functional groups attached to an aromatic ring is 1. The number of amides is 1. The van der Waals surface area contributed by atoms with E-state index in [-0.39, 0.29) is 5.91 Å². The molecular formula is C22H24N6O2. The van der Waals surface area contributed by atoms with Crippen LogP contribution in [0.25, 0.3) is 0 Å². The van der Waals surface area contributed by atoms with Gasteiger partial charge in [-0.25, -0.2) is 5.01 Å². The summed E-state index contributed by atoms with van der Waals surface area (Å²) in [6.07, 6.45) is 1.66. The molecule has 3 N–H and O–H groups in total. The molecule has 2 aromatic carbocycles. The molecular weight excluding hydrogens is 380 g/mol. The smallest absolute Gasteiger partial charge is 0.255 e. The zero-order chi connectivity index (χ0) is 20.8. The maximum atomic E-state index is 12.6. The van der Waals surface area contributed by atoms with E-state index < -0.39 is 0 Å². The van der Waals surface area contributed by atoms with Gasteiger partial charge in [0.25, 0.3) is 5.91 Å².